The maximum absolute atomic E-state index is 12.6. The highest BCUT2D eigenvalue weighted by atomic mass is 16.6. The summed E-state index contributed by atoms with van der Waals surface area (Å²) in [6, 6.07) is 7.55. The maximum atomic E-state index is 12.6. The van der Waals surface area contributed by atoms with Crippen LogP contribution in [0.25, 0.3) is 0 Å². The number of para-hydroxylation sites is 2. The molecule has 0 aliphatic heterocycles. The van der Waals surface area contributed by atoms with Crippen LogP contribution in [0, 0.1) is 0 Å². The van der Waals surface area contributed by atoms with Gasteiger partial charge in [0.25, 0.3) is 0 Å². The second-order valence-electron chi connectivity index (χ2n) is 7.55. The van der Waals surface area contributed by atoms with E-state index in [2.05, 4.69) is 17.1 Å². The number of nitrogens with one attached hydrogen (secondary N) is 1. The SMILES string of the molecule is CCCCCOc1ccccc1NC(=O)OC1(CN(C)C)CCCCC1. The number of carbonyl (C=O) groups excluding carboxylic acids is 1. The van der Waals surface area contributed by atoms with Crippen LogP contribution in [-0.4, -0.2) is 43.8 Å². The van der Waals surface area contributed by atoms with E-state index in [0.29, 0.717) is 18.0 Å². The zero-order valence-corrected chi connectivity index (χ0v) is 16.6. The number of rotatable bonds is 9. The molecule has 0 unspecified atom stereocenters. The van der Waals surface area contributed by atoms with E-state index in [1.54, 1.807) is 0 Å². The van der Waals surface area contributed by atoms with Gasteiger partial charge in [-0.05, 0) is 58.3 Å². The monoisotopic (exact) mass is 362 g/mol. The first-order valence-electron chi connectivity index (χ1n) is 9.91. The Morgan fingerprint density at radius 3 is 2.58 bits per heavy atom. The van der Waals surface area contributed by atoms with Gasteiger partial charge in [0.05, 0.1) is 12.3 Å². The molecule has 1 saturated carbocycles. The fraction of sp³-hybridized carbons (Fsp3) is 0.667. The standard InChI is InChI=1S/C21H34N2O3/c1-4-5-11-16-25-19-13-8-7-12-18(19)22-20(24)26-21(17-23(2)3)14-9-6-10-15-21/h7-8,12-13H,4-6,9-11,14-17H2,1-3H3,(H,22,24). The average Bonchev–Trinajstić information content (AvgIpc) is 2.60. The highest BCUT2D eigenvalue weighted by molar-refractivity contribution is 5.87. The average molecular weight is 363 g/mol. The first-order valence-corrected chi connectivity index (χ1v) is 9.91. The van der Waals surface area contributed by atoms with E-state index >= 15 is 0 Å². The zero-order valence-electron chi connectivity index (χ0n) is 16.6. The van der Waals surface area contributed by atoms with Crippen molar-refractivity contribution < 1.29 is 14.3 Å². The molecule has 0 aromatic heterocycles. The van der Waals surface area contributed by atoms with Gasteiger partial charge in [-0.25, -0.2) is 4.79 Å². The quantitative estimate of drug-likeness (QED) is 0.623. The van der Waals surface area contributed by atoms with E-state index in [-0.39, 0.29) is 5.60 Å². The fourth-order valence-electron chi connectivity index (χ4n) is 3.63. The van der Waals surface area contributed by atoms with Crippen LogP contribution < -0.4 is 10.1 Å². The summed E-state index contributed by atoms with van der Waals surface area (Å²) in [5.74, 6) is 0.700. The minimum atomic E-state index is -0.390. The molecule has 2 rings (SSSR count). The molecule has 0 heterocycles. The molecule has 0 spiro atoms. The summed E-state index contributed by atoms with van der Waals surface area (Å²) in [5.41, 5.74) is 0.285. The molecule has 1 amide bonds. The van der Waals surface area contributed by atoms with E-state index < -0.39 is 6.09 Å². The molecule has 1 aliphatic rings. The topological polar surface area (TPSA) is 50.8 Å². The summed E-state index contributed by atoms with van der Waals surface area (Å²) < 4.78 is 11.8. The van der Waals surface area contributed by atoms with Crippen LogP contribution in [0.4, 0.5) is 10.5 Å². The van der Waals surface area contributed by atoms with Crippen molar-refractivity contribution in [3.63, 3.8) is 0 Å². The van der Waals surface area contributed by atoms with E-state index in [4.69, 9.17) is 9.47 Å². The first-order chi connectivity index (χ1) is 12.5. The molecule has 146 valence electrons. The van der Waals surface area contributed by atoms with E-state index in [0.717, 1.165) is 51.5 Å². The van der Waals surface area contributed by atoms with Crippen molar-refractivity contribution in [1.82, 2.24) is 4.90 Å². The first kappa shape index (κ1) is 20.6. The smallest absolute Gasteiger partial charge is 0.412 e. The lowest BCUT2D eigenvalue weighted by Gasteiger charge is -2.38. The molecule has 1 aromatic carbocycles. The lowest BCUT2D eigenvalue weighted by Crippen LogP contribution is -2.46. The molecular formula is C21H34N2O3. The predicted octanol–water partition coefficient (Wildman–Crippen LogP) is 5.07. The number of carbonyl (C=O) groups is 1. The summed E-state index contributed by atoms with van der Waals surface area (Å²) >= 11 is 0. The summed E-state index contributed by atoms with van der Waals surface area (Å²) in [4.78, 5) is 14.7. The zero-order chi connectivity index (χ0) is 18.8. The Kier molecular flexibility index (Phi) is 8.23. The number of unbranched alkanes of at least 4 members (excludes halogenated alkanes) is 2. The minimum absolute atomic E-state index is 0.386. The third-order valence-corrected chi connectivity index (χ3v) is 4.81. The Morgan fingerprint density at radius 2 is 1.88 bits per heavy atom. The van der Waals surface area contributed by atoms with Crippen molar-refractivity contribution in [2.24, 2.45) is 0 Å². The Morgan fingerprint density at radius 1 is 1.15 bits per heavy atom. The van der Waals surface area contributed by atoms with Crippen molar-refractivity contribution in [1.29, 1.82) is 0 Å². The van der Waals surface area contributed by atoms with Gasteiger partial charge in [0.2, 0.25) is 0 Å². The Balaban J connectivity index is 1.97. The number of ether oxygens (including phenoxy) is 2. The molecule has 1 fully saturated rings. The van der Waals surface area contributed by atoms with Gasteiger partial charge in [0, 0.05) is 6.54 Å². The Labute approximate surface area is 158 Å². The van der Waals surface area contributed by atoms with Crippen LogP contribution in [0.15, 0.2) is 24.3 Å². The highest BCUT2D eigenvalue weighted by Gasteiger charge is 2.36. The molecule has 0 radical (unpaired) electrons. The van der Waals surface area contributed by atoms with Crippen molar-refractivity contribution in [2.45, 2.75) is 63.9 Å². The van der Waals surface area contributed by atoms with Gasteiger partial charge in [-0.15, -0.1) is 0 Å². The largest absolute Gasteiger partial charge is 0.491 e. The fourth-order valence-corrected chi connectivity index (χ4v) is 3.63. The highest BCUT2D eigenvalue weighted by Crippen LogP contribution is 2.33. The Hall–Kier alpha value is -1.75. The van der Waals surface area contributed by atoms with Crippen LogP contribution >= 0.6 is 0 Å². The second-order valence-corrected chi connectivity index (χ2v) is 7.55. The van der Waals surface area contributed by atoms with Crippen molar-refractivity contribution in [3.8, 4) is 5.75 Å². The molecule has 1 aliphatic carbocycles. The number of hydrogen-bond acceptors (Lipinski definition) is 4. The number of benzene rings is 1. The van der Waals surface area contributed by atoms with Crippen molar-refractivity contribution in [3.05, 3.63) is 24.3 Å². The second kappa shape index (κ2) is 10.4. The number of anilines is 1. The van der Waals surface area contributed by atoms with E-state index in [9.17, 15) is 4.79 Å². The lowest BCUT2D eigenvalue weighted by molar-refractivity contribution is -0.0261. The molecule has 0 saturated heterocycles. The summed E-state index contributed by atoms with van der Waals surface area (Å²) in [6.07, 6.45) is 8.21. The molecule has 5 heteroatoms. The van der Waals surface area contributed by atoms with Crippen LogP contribution in [0.5, 0.6) is 5.75 Å². The number of amides is 1. The van der Waals surface area contributed by atoms with Crippen LogP contribution in [0.3, 0.4) is 0 Å². The van der Waals surface area contributed by atoms with Gasteiger partial charge in [-0.1, -0.05) is 38.3 Å². The van der Waals surface area contributed by atoms with Gasteiger partial charge in [0.15, 0.2) is 0 Å². The Bertz CT molecular complexity index is 554. The molecule has 26 heavy (non-hydrogen) atoms. The number of nitrogens with zero attached hydrogens (tertiary/aromatic N) is 1. The molecular weight excluding hydrogens is 328 g/mol. The molecule has 0 bridgehead atoms. The molecule has 5 nitrogen and oxygen atoms in total. The van der Waals surface area contributed by atoms with Crippen molar-refractivity contribution >= 4 is 11.8 Å². The van der Waals surface area contributed by atoms with Gasteiger partial charge in [-0.3, -0.25) is 5.32 Å². The predicted molar refractivity (Wildman–Crippen MR) is 106 cm³/mol. The molecule has 1 N–H and O–H groups in total. The molecule has 1 aromatic rings. The minimum Gasteiger partial charge on any atom is -0.491 e. The molecule has 0 atom stereocenters. The van der Waals surface area contributed by atoms with Crippen LogP contribution in [0.2, 0.25) is 0 Å². The summed E-state index contributed by atoms with van der Waals surface area (Å²) in [5, 5.41) is 2.89. The van der Waals surface area contributed by atoms with Crippen LogP contribution in [0.1, 0.15) is 58.3 Å². The van der Waals surface area contributed by atoms with Crippen LogP contribution in [-0.2, 0) is 4.74 Å². The maximum Gasteiger partial charge on any atom is 0.412 e. The van der Waals surface area contributed by atoms with Gasteiger partial charge in [0.1, 0.15) is 11.4 Å². The number of likely N-dealkylation sites (N-methyl/N-ethyl adjacent to an activating group) is 1. The van der Waals surface area contributed by atoms with Gasteiger partial charge >= 0.3 is 6.09 Å². The lowest BCUT2D eigenvalue weighted by atomic mass is 9.84. The third-order valence-electron chi connectivity index (χ3n) is 4.81. The van der Waals surface area contributed by atoms with Crippen molar-refractivity contribution in [2.75, 3.05) is 32.6 Å². The van der Waals surface area contributed by atoms with E-state index in [1.807, 2.05) is 38.4 Å². The third kappa shape index (κ3) is 6.52. The summed E-state index contributed by atoms with van der Waals surface area (Å²) in [7, 11) is 4.05. The summed E-state index contributed by atoms with van der Waals surface area (Å²) in [6.45, 7) is 3.59. The normalized spacial score (nSPS) is 16.3. The van der Waals surface area contributed by atoms with Gasteiger partial charge < -0.3 is 14.4 Å². The van der Waals surface area contributed by atoms with E-state index in [1.165, 1.54) is 6.42 Å². The number of hydrogen-bond donors (Lipinski definition) is 1. The van der Waals surface area contributed by atoms with Gasteiger partial charge in [-0.2, -0.15) is 0 Å².